The summed E-state index contributed by atoms with van der Waals surface area (Å²) in [4.78, 5) is 33.1. The molecule has 1 aliphatic rings. The van der Waals surface area contributed by atoms with Gasteiger partial charge in [0.15, 0.2) is 0 Å². The number of rotatable bonds is 2. The number of hydrogen-bond acceptors (Lipinski definition) is 4. The summed E-state index contributed by atoms with van der Waals surface area (Å²) in [6.07, 6.45) is 1.69. The number of carbonyl (C=O) groups excluding carboxylic acids is 2. The number of nitrogens with one attached hydrogen (secondary N) is 1. The molecule has 8 heteroatoms. The van der Waals surface area contributed by atoms with Gasteiger partial charge in [-0.2, -0.15) is 0 Å². The first-order valence-electron chi connectivity index (χ1n) is 6.87. The van der Waals surface area contributed by atoms with Crippen LogP contribution in [-0.4, -0.2) is 39.9 Å². The Balaban J connectivity index is 2.01. The van der Waals surface area contributed by atoms with Crippen LogP contribution in [0.1, 0.15) is 21.7 Å². The van der Waals surface area contributed by atoms with E-state index in [-0.39, 0.29) is 23.6 Å². The molecule has 0 bridgehead atoms. The van der Waals surface area contributed by atoms with Crippen molar-refractivity contribution in [2.45, 2.75) is 19.0 Å². The average molecular weight is 338 g/mol. The third-order valence-electron chi connectivity index (χ3n) is 3.81. The lowest BCUT2D eigenvalue weighted by Gasteiger charge is -2.33. The van der Waals surface area contributed by atoms with Crippen molar-refractivity contribution in [3.63, 3.8) is 0 Å². The van der Waals surface area contributed by atoms with Gasteiger partial charge in [-0.25, -0.2) is 14.2 Å². The topological polar surface area (TPSA) is 75.3 Å². The molecule has 1 aromatic carbocycles. The zero-order valence-electron chi connectivity index (χ0n) is 12.2. The molecule has 2 aromatic rings. The van der Waals surface area contributed by atoms with Crippen molar-refractivity contribution in [2.24, 2.45) is 0 Å². The van der Waals surface area contributed by atoms with Gasteiger partial charge in [-0.05, 0) is 12.1 Å². The van der Waals surface area contributed by atoms with Gasteiger partial charge in [0, 0.05) is 6.42 Å². The number of methoxy groups -OCH3 is 1. The fourth-order valence-electron chi connectivity index (χ4n) is 2.64. The van der Waals surface area contributed by atoms with Crippen molar-refractivity contribution in [1.29, 1.82) is 0 Å². The Bertz CT molecular complexity index is 757. The Labute approximate surface area is 136 Å². The van der Waals surface area contributed by atoms with Gasteiger partial charge in [-0.3, -0.25) is 4.79 Å². The molecule has 3 rings (SSSR count). The van der Waals surface area contributed by atoms with Crippen LogP contribution >= 0.6 is 11.6 Å². The molecule has 6 nitrogen and oxygen atoms in total. The largest absolute Gasteiger partial charge is 0.467 e. The second-order valence-corrected chi connectivity index (χ2v) is 5.51. The molecule has 23 heavy (non-hydrogen) atoms. The van der Waals surface area contributed by atoms with E-state index < -0.39 is 23.7 Å². The van der Waals surface area contributed by atoms with Gasteiger partial charge in [-0.1, -0.05) is 17.7 Å². The second-order valence-electron chi connectivity index (χ2n) is 5.10. The predicted molar refractivity (Wildman–Crippen MR) is 79.4 cm³/mol. The molecule has 120 valence electrons. The molecular weight excluding hydrogens is 325 g/mol. The van der Waals surface area contributed by atoms with E-state index in [9.17, 15) is 14.0 Å². The SMILES string of the molecule is COC(=O)C1Cc2nc[nH]c2CN1C(=O)c1c(F)cccc1Cl. The van der Waals surface area contributed by atoms with Crippen LogP contribution in [0, 0.1) is 5.82 Å². The summed E-state index contributed by atoms with van der Waals surface area (Å²) in [5.41, 5.74) is 1.13. The molecule has 0 spiro atoms. The van der Waals surface area contributed by atoms with E-state index in [4.69, 9.17) is 16.3 Å². The van der Waals surface area contributed by atoms with Crippen LogP contribution < -0.4 is 0 Å². The van der Waals surface area contributed by atoms with E-state index in [0.29, 0.717) is 11.4 Å². The molecule has 2 heterocycles. The lowest BCUT2D eigenvalue weighted by Crippen LogP contribution is -2.49. The van der Waals surface area contributed by atoms with E-state index in [0.717, 1.165) is 6.07 Å². The highest BCUT2D eigenvalue weighted by molar-refractivity contribution is 6.33. The van der Waals surface area contributed by atoms with Crippen LogP contribution in [0.2, 0.25) is 5.02 Å². The number of amides is 1. The number of H-pyrrole nitrogens is 1. The second kappa shape index (κ2) is 6.00. The average Bonchev–Trinajstić information content (AvgIpc) is 3.00. The molecule has 1 unspecified atom stereocenters. The van der Waals surface area contributed by atoms with Crippen LogP contribution in [0.5, 0.6) is 0 Å². The Hall–Kier alpha value is -2.41. The Kier molecular flexibility index (Phi) is 4.04. The monoisotopic (exact) mass is 337 g/mol. The summed E-state index contributed by atoms with van der Waals surface area (Å²) in [5, 5.41) is -0.00553. The third kappa shape index (κ3) is 2.68. The number of fused-ring (bicyclic) bond motifs is 1. The number of aromatic amines is 1. The number of halogens is 2. The summed E-state index contributed by atoms with van der Waals surface area (Å²) in [7, 11) is 1.24. The van der Waals surface area contributed by atoms with Crippen molar-refractivity contribution >= 4 is 23.5 Å². The van der Waals surface area contributed by atoms with Gasteiger partial charge >= 0.3 is 5.97 Å². The number of hydrogen-bond donors (Lipinski definition) is 1. The van der Waals surface area contributed by atoms with Crippen LogP contribution in [0.4, 0.5) is 4.39 Å². The maximum absolute atomic E-state index is 14.0. The fraction of sp³-hybridized carbons (Fsp3) is 0.267. The Morgan fingerprint density at radius 3 is 2.96 bits per heavy atom. The number of esters is 1. The number of benzene rings is 1. The Morgan fingerprint density at radius 1 is 1.48 bits per heavy atom. The van der Waals surface area contributed by atoms with Crippen LogP contribution in [-0.2, 0) is 22.5 Å². The standard InChI is InChI=1S/C15H13ClFN3O3/c1-23-15(22)12-5-10-11(19-7-18-10)6-20(12)14(21)13-8(16)3-2-4-9(13)17/h2-4,7,12H,5-6H2,1H3,(H,18,19). The Morgan fingerprint density at radius 2 is 2.26 bits per heavy atom. The fourth-order valence-corrected chi connectivity index (χ4v) is 2.89. The van der Waals surface area contributed by atoms with Crippen molar-refractivity contribution in [3.8, 4) is 0 Å². The molecular formula is C15H13ClFN3O3. The molecule has 1 atom stereocenters. The molecule has 0 radical (unpaired) electrons. The third-order valence-corrected chi connectivity index (χ3v) is 4.12. The first-order valence-corrected chi connectivity index (χ1v) is 7.24. The highest BCUT2D eigenvalue weighted by Gasteiger charge is 2.38. The molecule has 0 saturated heterocycles. The van der Waals surface area contributed by atoms with Crippen LogP contribution in [0.3, 0.4) is 0 Å². The van der Waals surface area contributed by atoms with E-state index in [1.54, 1.807) is 0 Å². The molecule has 1 amide bonds. The zero-order chi connectivity index (χ0) is 16.6. The molecule has 1 N–H and O–H groups in total. The van der Waals surface area contributed by atoms with E-state index in [1.165, 1.54) is 30.5 Å². The number of aromatic nitrogens is 2. The van der Waals surface area contributed by atoms with Crippen LogP contribution in [0.25, 0.3) is 0 Å². The highest BCUT2D eigenvalue weighted by atomic mass is 35.5. The van der Waals surface area contributed by atoms with Crippen molar-refractivity contribution in [3.05, 3.63) is 52.3 Å². The molecule has 1 aliphatic heterocycles. The lowest BCUT2D eigenvalue weighted by molar-refractivity contribution is -0.146. The summed E-state index contributed by atoms with van der Waals surface area (Å²) >= 11 is 5.96. The summed E-state index contributed by atoms with van der Waals surface area (Å²) in [5.74, 6) is -1.98. The number of nitrogens with zero attached hydrogens (tertiary/aromatic N) is 2. The molecule has 0 fully saturated rings. The number of carbonyl (C=O) groups is 2. The van der Waals surface area contributed by atoms with Gasteiger partial charge in [0.05, 0.1) is 42.0 Å². The number of imidazole rings is 1. The van der Waals surface area contributed by atoms with Gasteiger partial charge in [0.1, 0.15) is 11.9 Å². The van der Waals surface area contributed by atoms with Gasteiger partial charge < -0.3 is 14.6 Å². The maximum atomic E-state index is 14.0. The first kappa shape index (κ1) is 15.5. The maximum Gasteiger partial charge on any atom is 0.329 e. The van der Waals surface area contributed by atoms with Crippen molar-refractivity contribution < 1.29 is 18.7 Å². The minimum Gasteiger partial charge on any atom is -0.467 e. The molecule has 1 aromatic heterocycles. The van der Waals surface area contributed by atoms with Gasteiger partial charge in [-0.15, -0.1) is 0 Å². The lowest BCUT2D eigenvalue weighted by atomic mass is 10.0. The first-order chi connectivity index (χ1) is 11.0. The summed E-state index contributed by atoms with van der Waals surface area (Å²) < 4.78 is 18.8. The molecule has 0 saturated carbocycles. The molecule has 0 aliphatic carbocycles. The van der Waals surface area contributed by atoms with Crippen molar-refractivity contribution in [1.82, 2.24) is 14.9 Å². The normalized spacial score (nSPS) is 16.8. The highest BCUT2D eigenvalue weighted by Crippen LogP contribution is 2.27. The van der Waals surface area contributed by atoms with Gasteiger partial charge in [0.2, 0.25) is 0 Å². The quantitative estimate of drug-likeness (QED) is 0.850. The van der Waals surface area contributed by atoms with Crippen LogP contribution in [0.15, 0.2) is 24.5 Å². The smallest absolute Gasteiger partial charge is 0.329 e. The zero-order valence-corrected chi connectivity index (χ0v) is 12.9. The predicted octanol–water partition coefficient (Wildman–Crippen LogP) is 1.94. The van der Waals surface area contributed by atoms with E-state index in [1.807, 2.05) is 0 Å². The summed E-state index contributed by atoms with van der Waals surface area (Å²) in [6, 6.07) is 3.11. The minimum absolute atomic E-state index is 0.00553. The minimum atomic E-state index is -0.876. The number of ether oxygens (including phenoxy) is 1. The summed E-state index contributed by atoms with van der Waals surface area (Å²) in [6.45, 7) is 0.0958. The van der Waals surface area contributed by atoms with E-state index in [2.05, 4.69) is 9.97 Å². The van der Waals surface area contributed by atoms with E-state index >= 15 is 0 Å². The van der Waals surface area contributed by atoms with Crippen molar-refractivity contribution in [2.75, 3.05) is 7.11 Å². The van der Waals surface area contributed by atoms with Gasteiger partial charge in [0.25, 0.3) is 5.91 Å².